The summed E-state index contributed by atoms with van der Waals surface area (Å²) in [5, 5.41) is 0.493. The molecule has 0 N–H and O–H groups in total. The number of piperazine rings is 1. The summed E-state index contributed by atoms with van der Waals surface area (Å²) in [4.78, 5) is 32.3. The molecule has 1 saturated heterocycles. The minimum Gasteiger partial charge on any atom is -0.335 e. The number of hydrogen-bond donors (Lipinski definition) is 0. The van der Waals surface area contributed by atoms with E-state index in [1.54, 1.807) is 28.0 Å². The topological polar surface area (TPSA) is 53.5 Å². The Labute approximate surface area is 149 Å². The van der Waals surface area contributed by atoms with Crippen LogP contribution in [0.1, 0.15) is 20.8 Å². The number of carbonyl (C=O) groups excluding carboxylic acids is 2. The second-order valence-electron chi connectivity index (χ2n) is 5.41. The molecular formula is C17H15Cl2N3O2. The maximum Gasteiger partial charge on any atom is 0.274 e. The van der Waals surface area contributed by atoms with E-state index < -0.39 is 0 Å². The highest BCUT2D eigenvalue weighted by Gasteiger charge is 2.27. The summed E-state index contributed by atoms with van der Waals surface area (Å²) in [6.45, 7) is 1.80. The van der Waals surface area contributed by atoms with Crippen molar-refractivity contribution in [3.05, 3.63) is 63.9 Å². The molecular weight excluding hydrogens is 349 g/mol. The first kappa shape index (κ1) is 16.7. The first-order valence-electron chi connectivity index (χ1n) is 7.52. The summed E-state index contributed by atoms with van der Waals surface area (Å²) in [5.41, 5.74) is 0.795. The molecule has 0 saturated carbocycles. The second-order valence-corrected chi connectivity index (χ2v) is 6.21. The number of halogens is 2. The summed E-state index contributed by atoms with van der Waals surface area (Å²) < 4.78 is 0. The molecule has 0 aliphatic carbocycles. The molecule has 1 aliphatic rings. The van der Waals surface area contributed by atoms with E-state index in [0.29, 0.717) is 31.7 Å². The zero-order chi connectivity index (χ0) is 17.1. The molecule has 0 atom stereocenters. The van der Waals surface area contributed by atoms with Crippen molar-refractivity contribution in [1.29, 1.82) is 0 Å². The van der Waals surface area contributed by atoms with Crippen LogP contribution in [0.3, 0.4) is 0 Å². The van der Waals surface area contributed by atoms with Crippen molar-refractivity contribution in [2.45, 2.75) is 0 Å². The van der Waals surface area contributed by atoms with Crippen LogP contribution in [0.5, 0.6) is 0 Å². The Bertz CT molecular complexity index is 760. The van der Waals surface area contributed by atoms with Gasteiger partial charge in [0.05, 0.1) is 5.02 Å². The average molecular weight is 364 g/mol. The van der Waals surface area contributed by atoms with Crippen molar-refractivity contribution in [1.82, 2.24) is 14.8 Å². The number of aromatic nitrogens is 1. The fourth-order valence-corrected chi connectivity index (χ4v) is 2.93. The molecule has 1 aromatic carbocycles. The highest BCUT2D eigenvalue weighted by Crippen LogP contribution is 2.19. The number of pyridine rings is 1. The van der Waals surface area contributed by atoms with Crippen LogP contribution >= 0.6 is 23.2 Å². The Hall–Kier alpha value is -2.11. The maximum absolute atomic E-state index is 12.5. The Morgan fingerprint density at radius 3 is 2.04 bits per heavy atom. The second kappa shape index (κ2) is 7.20. The minimum absolute atomic E-state index is 0.0263. The fraction of sp³-hybridized carbons (Fsp3) is 0.235. The first-order valence-corrected chi connectivity index (χ1v) is 8.27. The third-order valence-corrected chi connectivity index (χ3v) is 4.40. The van der Waals surface area contributed by atoms with Gasteiger partial charge in [0.15, 0.2) is 0 Å². The van der Waals surface area contributed by atoms with Crippen LogP contribution in [0.15, 0.2) is 42.5 Å². The van der Waals surface area contributed by atoms with Crippen LogP contribution in [0.4, 0.5) is 0 Å². The van der Waals surface area contributed by atoms with Crippen LogP contribution in [-0.2, 0) is 0 Å². The minimum atomic E-state index is -0.269. The number of benzene rings is 1. The molecule has 0 unspecified atom stereocenters. The lowest BCUT2D eigenvalue weighted by Crippen LogP contribution is -2.50. The molecule has 0 bridgehead atoms. The third kappa shape index (κ3) is 3.52. The molecule has 1 fully saturated rings. The lowest BCUT2D eigenvalue weighted by Gasteiger charge is -2.34. The van der Waals surface area contributed by atoms with Gasteiger partial charge >= 0.3 is 0 Å². The van der Waals surface area contributed by atoms with Gasteiger partial charge < -0.3 is 9.80 Å². The lowest BCUT2D eigenvalue weighted by atomic mass is 10.2. The molecule has 124 valence electrons. The monoisotopic (exact) mass is 363 g/mol. The fourth-order valence-electron chi connectivity index (χ4n) is 2.59. The van der Waals surface area contributed by atoms with Crippen LogP contribution < -0.4 is 0 Å². The van der Waals surface area contributed by atoms with Crippen LogP contribution in [0.2, 0.25) is 10.2 Å². The van der Waals surface area contributed by atoms with Gasteiger partial charge in [-0.2, -0.15) is 0 Å². The van der Waals surface area contributed by atoms with Crippen LogP contribution in [0, 0.1) is 0 Å². The SMILES string of the molecule is O=C(c1ccccc1)N1CCN(C(=O)c2nc(Cl)ccc2Cl)CC1. The zero-order valence-electron chi connectivity index (χ0n) is 12.8. The summed E-state index contributed by atoms with van der Waals surface area (Å²) in [6, 6.07) is 12.2. The summed E-state index contributed by atoms with van der Waals surface area (Å²) in [5.74, 6) is -0.295. The van der Waals surface area contributed by atoms with E-state index in [0.717, 1.165) is 0 Å². The average Bonchev–Trinajstić information content (AvgIpc) is 2.63. The largest absolute Gasteiger partial charge is 0.335 e. The number of rotatable bonds is 2. The van der Waals surface area contributed by atoms with Gasteiger partial charge in [0.25, 0.3) is 11.8 Å². The van der Waals surface area contributed by atoms with Gasteiger partial charge in [0.1, 0.15) is 10.8 Å². The number of amides is 2. The first-order chi connectivity index (χ1) is 11.6. The number of nitrogens with zero attached hydrogens (tertiary/aromatic N) is 3. The quantitative estimate of drug-likeness (QED) is 0.770. The van der Waals surface area contributed by atoms with Gasteiger partial charge in [-0.1, -0.05) is 41.4 Å². The van der Waals surface area contributed by atoms with Gasteiger partial charge in [-0.25, -0.2) is 4.98 Å². The van der Waals surface area contributed by atoms with Gasteiger partial charge in [0.2, 0.25) is 0 Å². The molecule has 2 aromatic rings. The molecule has 1 aliphatic heterocycles. The third-order valence-electron chi connectivity index (χ3n) is 3.89. The normalized spacial score (nSPS) is 14.6. The molecule has 2 amide bonds. The van der Waals surface area contributed by atoms with E-state index >= 15 is 0 Å². The number of carbonyl (C=O) groups is 2. The summed E-state index contributed by atoms with van der Waals surface area (Å²) in [7, 11) is 0. The molecule has 5 nitrogen and oxygen atoms in total. The highest BCUT2D eigenvalue weighted by atomic mass is 35.5. The molecule has 2 heterocycles. The van der Waals surface area contributed by atoms with Crippen molar-refractivity contribution in [2.24, 2.45) is 0 Å². The Balaban J connectivity index is 1.66. The smallest absolute Gasteiger partial charge is 0.274 e. The molecule has 24 heavy (non-hydrogen) atoms. The van der Waals surface area contributed by atoms with Crippen molar-refractivity contribution < 1.29 is 9.59 Å². The predicted molar refractivity (Wildman–Crippen MR) is 92.5 cm³/mol. The van der Waals surface area contributed by atoms with Gasteiger partial charge in [-0.05, 0) is 24.3 Å². The van der Waals surface area contributed by atoms with Gasteiger partial charge in [-0.3, -0.25) is 9.59 Å². The van der Waals surface area contributed by atoms with E-state index in [2.05, 4.69) is 4.98 Å². The van der Waals surface area contributed by atoms with Crippen molar-refractivity contribution in [3.8, 4) is 0 Å². The summed E-state index contributed by atoms with van der Waals surface area (Å²) >= 11 is 11.9. The van der Waals surface area contributed by atoms with Gasteiger partial charge in [-0.15, -0.1) is 0 Å². The van der Waals surface area contributed by atoms with Crippen molar-refractivity contribution >= 4 is 35.0 Å². The predicted octanol–water partition coefficient (Wildman–Crippen LogP) is 2.99. The molecule has 0 radical (unpaired) electrons. The molecule has 1 aromatic heterocycles. The standard InChI is InChI=1S/C17H15Cl2N3O2/c18-13-6-7-14(19)20-15(13)17(24)22-10-8-21(9-11-22)16(23)12-4-2-1-3-5-12/h1-7H,8-11H2. The highest BCUT2D eigenvalue weighted by molar-refractivity contribution is 6.34. The molecule has 0 spiro atoms. The van der Waals surface area contributed by atoms with E-state index in [-0.39, 0.29) is 27.7 Å². The van der Waals surface area contributed by atoms with E-state index in [1.165, 1.54) is 6.07 Å². The Morgan fingerprint density at radius 1 is 0.833 bits per heavy atom. The number of hydrogen-bond acceptors (Lipinski definition) is 3. The molecule has 7 heteroatoms. The maximum atomic E-state index is 12.5. The van der Waals surface area contributed by atoms with E-state index in [4.69, 9.17) is 23.2 Å². The van der Waals surface area contributed by atoms with Crippen molar-refractivity contribution in [2.75, 3.05) is 26.2 Å². The summed E-state index contributed by atoms with van der Waals surface area (Å²) in [6.07, 6.45) is 0. The Morgan fingerprint density at radius 2 is 1.42 bits per heavy atom. The van der Waals surface area contributed by atoms with E-state index in [1.807, 2.05) is 18.2 Å². The van der Waals surface area contributed by atoms with E-state index in [9.17, 15) is 9.59 Å². The zero-order valence-corrected chi connectivity index (χ0v) is 14.3. The van der Waals surface area contributed by atoms with Gasteiger partial charge in [0, 0.05) is 31.7 Å². The van der Waals surface area contributed by atoms with Crippen LogP contribution in [0.25, 0.3) is 0 Å². The molecule has 3 rings (SSSR count). The lowest BCUT2D eigenvalue weighted by molar-refractivity contribution is 0.0532. The Kier molecular flexibility index (Phi) is 5.02. The van der Waals surface area contributed by atoms with Crippen molar-refractivity contribution in [3.63, 3.8) is 0 Å². The van der Waals surface area contributed by atoms with Crippen LogP contribution in [-0.4, -0.2) is 52.8 Å².